The van der Waals surface area contributed by atoms with Crippen molar-refractivity contribution in [1.82, 2.24) is 4.90 Å². The fourth-order valence-electron chi connectivity index (χ4n) is 3.95. The number of ether oxygens (including phenoxy) is 3. The number of rotatable bonds is 5. The quantitative estimate of drug-likeness (QED) is 0.451. The maximum absolute atomic E-state index is 13.4. The van der Waals surface area contributed by atoms with E-state index < -0.39 is 27.4 Å². The van der Waals surface area contributed by atoms with E-state index in [1.54, 1.807) is 31.5 Å². The van der Waals surface area contributed by atoms with Crippen molar-refractivity contribution in [2.24, 2.45) is 0 Å². The third-order valence-electron chi connectivity index (χ3n) is 5.47. The molecule has 1 amide bonds. The van der Waals surface area contributed by atoms with Gasteiger partial charge in [0.25, 0.3) is 5.91 Å². The number of methoxy groups -OCH3 is 3. The van der Waals surface area contributed by atoms with Crippen molar-refractivity contribution in [2.75, 3.05) is 26.6 Å². The fraction of sp³-hybridized carbons (Fsp3) is 0.286. The molecule has 0 bridgehead atoms. The van der Waals surface area contributed by atoms with Crippen molar-refractivity contribution >= 4 is 27.3 Å². The predicted octanol–water partition coefficient (Wildman–Crippen LogP) is -0.731. The summed E-state index contributed by atoms with van der Waals surface area (Å²) >= 11 is 0. The molecule has 4 rings (SSSR count). The zero-order valence-corrected chi connectivity index (χ0v) is 20.9. The van der Waals surface area contributed by atoms with Crippen LogP contribution in [0.4, 0.5) is 5.69 Å². The molecule has 0 saturated carbocycles. The monoisotopic (exact) mass is 468 g/mol. The first-order valence-corrected chi connectivity index (χ1v) is 10.9. The second-order valence-electron chi connectivity index (χ2n) is 7.18. The molecule has 32 heavy (non-hydrogen) atoms. The van der Waals surface area contributed by atoms with Gasteiger partial charge in [-0.25, -0.2) is 8.42 Å². The molecule has 2 heterocycles. The molecule has 2 aliphatic rings. The van der Waals surface area contributed by atoms with Gasteiger partial charge in [-0.3, -0.25) is 4.79 Å². The molecule has 164 valence electrons. The molecule has 2 atom stereocenters. The van der Waals surface area contributed by atoms with E-state index in [-0.39, 0.29) is 47.2 Å². The average molecular weight is 468 g/mol. The fourth-order valence-corrected chi connectivity index (χ4v) is 4.83. The zero-order chi connectivity index (χ0) is 22.3. The maximum atomic E-state index is 13.4. The molecule has 0 saturated heterocycles. The Kier molecular flexibility index (Phi) is 7.11. The molecule has 0 aromatic heterocycles. The summed E-state index contributed by atoms with van der Waals surface area (Å²) in [5.41, 5.74) is 1.86. The van der Waals surface area contributed by atoms with Gasteiger partial charge in [-0.15, -0.1) is 0 Å². The minimum absolute atomic E-state index is 0. The number of benzene rings is 2. The Morgan fingerprint density at radius 2 is 1.75 bits per heavy atom. The molecule has 2 aromatic carbocycles. The van der Waals surface area contributed by atoms with Crippen molar-refractivity contribution in [3.63, 3.8) is 0 Å². The van der Waals surface area contributed by atoms with Crippen molar-refractivity contribution in [3.05, 3.63) is 53.7 Å². The van der Waals surface area contributed by atoms with Gasteiger partial charge in [0.2, 0.25) is 0 Å². The van der Waals surface area contributed by atoms with Gasteiger partial charge < -0.3 is 29.0 Å². The minimum Gasteiger partial charge on any atom is -0.746 e. The van der Waals surface area contributed by atoms with Crippen LogP contribution in [0.3, 0.4) is 0 Å². The Bertz CT molecular complexity index is 1180. The Morgan fingerprint density at radius 3 is 2.38 bits per heavy atom. The molecule has 1 N–H and O–H groups in total. The summed E-state index contributed by atoms with van der Waals surface area (Å²) in [5, 5.41) is 1.22. The van der Waals surface area contributed by atoms with Crippen LogP contribution in [0.5, 0.6) is 17.2 Å². The van der Waals surface area contributed by atoms with Gasteiger partial charge in [-0.2, -0.15) is 0 Å². The van der Waals surface area contributed by atoms with Crippen molar-refractivity contribution in [3.8, 4) is 17.2 Å². The van der Waals surface area contributed by atoms with E-state index in [1.807, 2.05) is 6.07 Å². The van der Waals surface area contributed by atoms with Crippen LogP contribution in [0.25, 0.3) is 5.57 Å². The van der Waals surface area contributed by atoms with Crippen molar-refractivity contribution in [2.45, 2.75) is 17.8 Å². The smallest absolute Gasteiger partial charge is 0.746 e. The first-order valence-electron chi connectivity index (χ1n) is 9.42. The van der Waals surface area contributed by atoms with E-state index in [0.717, 1.165) is 11.1 Å². The predicted molar refractivity (Wildman–Crippen MR) is 112 cm³/mol. The Balaban J connectivity index is 0.00000289. The van der Waals surface area contributed by atoms with E-state index in [4.69, 9.17) is 14.2 Å². The van der Waals surface area contributed by atoms with E-state index in [1.165, 1.54) is 31.3 Å². The molecule has 0 fully saturated rings. The number of carbonyl (C=O) groups is 1. The number of amides is 1. The summed E-state index contributed by atoms with van der Waals surface area (Å²) in [6.45, 7) is 0. The first-order chi connectivity index (χ1) is 14.8. The van der Waals surface area contributed by atoms with Crippen LogP contribution in [0.2, 0.25) is 0 Å². The van der Waals surface area contributed by atoms with Crippen LogP contribution in [-0.2, 0) is 10.1 Å². The number of carbonyl (C=O) groups excluding carboxylic acids is 1. The van der Waals surface area contributed by atoms with E-state index in [0.29, 0.717) is 17.2 Å². The Hall–Kier alpha value is -2.24. The molecule has 0 radical (unpaired) electrons. The zero-order valence-electron chi connectivity index (χ0n) is 18.1. The summed E-state index contributed by atoms with van der Waals surface area (Å²) < 4.78 is 52.3. The first kappa shape index (κ1) is 24.4. The maximum Gasteiger partial charge on any atom is 1.00 e. The minimum atomic E-state index is -4.81. The topological polar surface area (TPSA) is 117 Å². The molecule has 11 heteroatoms. The SMILES string of the molecule is COc1cccc(C2=CN3C(=O)c4cc(OC)c(OC)cc4N[C@@H](S(=O)(=O)[O-])[C@@H]3C2)c1.[Na+]. The van der Waals surface area contributed by atoms with Gasteiger partial charge in [0.1, 0.15) is 21.2 Å². The number of nitrogens with zero attached hydrogens (tertiary/aromatic N) is 1. The van der Waals surface area contributed by atoms with Crippen molar-refractivity contribution < 1.29 is 61.5 Å². The molecule has 2 aliphatic heterocycles. The van der Waals surface area contributed by atoms with Gasteiger partial charge in [0.05, 0.1) is 38.6 Å². The number of nitrogens with one attached hydrogen (secondary N) is 1. The normalized spacial score (nSPS) is 19.6. The molecular formula is C21H21N2NaO7S. The number of fused-ring (bicyclic) bond motifs is 2. The summed E-state index contributed by atoms with van der Waals surface area (Å²) in [5.74, 6) is 0.795. The van der Waals surface area contributed by atoms with Gasteiger partial charge >= 0.3 is 29.6 Å². The van der Waals surface area contributed by atoms with Crippen LogP contribution in [0.15, 0.2) is 42.6 Å². The summed E-state index contributed by atoms with van der Waals surface area (Å²) in [4.78, 5) is 14.7. The molecule has 0 aliphatic carbocycles. The second kappa shape index (κ2) is 9.32. The largest absolute Gasteiger partial charge is 1.00 e. The summed E-state index contributed by atoms with van der Waals surface area (Å²) in [6.07, 6.45) is 1.77. The van der Waals surface area contributed by atoms with Crippen LogP contribution in [-0.4, -0.2) is 56.5 Å². The van der Waals surface area contributed by atoms with Crippen molar-refractivity contribution in [1.29, 1.82) is 0 Å². The Morgan fingerprint density at radius 1 is 1.06 bits per heavy atom. The second-order valence-corrected chi connectivity index (χ2v) is 8.67. The standard InChI is InChI=1S/C21H22N2O7S.Na/c1-28-14-6-4-5-12(7-14)13-8-17-20(31(25,26)27)22-16-10-19(30-3)18(29-2)9-15(16)21(24)23(17)11-13;/h4-7,9-11,17,20,22H,8H2,1-3H3,(H,25,26,27);/q;+1/p-1/t17-,20-;/m0./s1. The molecular weight excluding hydrogens is 447 g/mol. The molecule has 0 unspecified atom stereocenters. The third-order valence-corrected chi connectivity index (χ3v) is 6.52. The number of anilines is 1. The summed E-state index contributed by atoms with van der Waals surface area (Å²) in [6, 6.07) is 9.22. The van der Waals surface area contributed by atoms with Crippen LogP contribution in [0, 0.1) is 0 Å². The van der Waals surface area contributed by atoms with Crippen LogP contribution < -0.4 is 49.1 Å². The van der Waals surface area contributed by atoms with Gasteiger partial charge in [-0.1, -0.05) is 12.1 Å². The van der Waals surface area contributed by atoms with Gasteiger partial charge in [0, 0.05) is 12.3 Å². The van der Waals surface area contributed by atoms with Crippen LogP contribution >= 0.6 is 0 Å². The van der Waals surface area contributed by atoms with Crippen LogP contribution in [0.1, 0.15) is 22.3 Å². The van der Waals surface area contributed by atoms with E-state index in [2.05, 4.69) is 5.32 Å². The summed E-state index contributed by atoms with van der Waals surface area (Å²) in [7, 11) is -0.409. The number of hydrogen-bond donors (Lipinski definition) is 1. The number of hydrogen-bond acceptors (Lipinski definition) is 8. The van der Waals surface area contributed by atoms with Gasteiger partial charge in [0.15, 0.2) is 11.5 Å². The van der Waals surface area contributed by atoms with E-state index >= 15 is 0 Å². The molecule has 0 spiro atoms. The molecule has 2 aromatic rings. The van der Waals surface area contributed by atoms with Gasteiger partial charge in [-0.05, 0) is 35.8 Å². The third kappa shape index (κ3) is 4.33. The Labute approximate surface area is 208 Å². The molecule has 9 nitrogen and oxygen atoms in total. The average Bonchev–Trinajstić information content (AvgIpc) is 3.16. The van der Waals surface area contributed by atoms with E-state index in [9.17, 15) is 17.8 Å².